The Balaban J connectivity index is 1.83. The highest BCUT2D eigenvalue weighted by atomic mass is 16.6. The molecule has 0 bridgehead atoms. The van der Waals surface area contributed by atoms with E-state index in [-0.39, 0.29) is 118 Å². The van der Waals surface area contributed by atoms with Crippen LogP contribution < -0.4 is 0 Å². The predicted octanol–water partition coefficient (Wildman–Crippen LogP) is 15.9. The van der Waals surface area contributed by atoms with Crippen LogP contribution in [-0.4, -0.2) is 70.7 Å². The Hall–Kier alpha value is -6.04. The molecular weight excluding hydrogens is 1070 g/mol. The summed E-state index contributed by atoms with van der Waals surface area (Å²) in [7, 11) is 0. The number of carbonyl (C=O) groups excluding carboxylic acids is 4. The van der Waals surface area contributed by atoms with E-state index in [9.17, 15) is 39.6 Å². The maximum absolute atomic E-state index is 14.3. The molecule has 0 aliphatic carbocycles. The Morgan fingerprint density at radius 1 is 0.271 bits per heavy atom. The molecule has 0 radical (unpaired) electrons. The SMILES string of the molecule is CC(C)(C)c1cc(O)cc(C(C)(C)C)c1CCC(=O)OCC(COC(=O)CCc1c(C(C)(C)C)cc(O)cc1C(C)(C)C)(COC(=O)CCc1c(C(C)(C)C)cc(O)cc1C(C)(C)C)COC(=O)CCc1c(C(C)(C)C)cc(O)cc1C(C)(C)C. The number of esters is 4. The largest absolute Gasteiger partial charge is 0.508 e. The summed E-state index contributed by atoms with van der Waals surface area (Å²) in [5.41, 5.74) is 6.20. The predicted molar refractivity (Wildman–Crippen MR) is 342 cm³/mol. The molecule has 4 aromatic carbocycles. The van der Waals surface area contributed by atoms with E-state index < -0.39 is 55.7 Å². The topological polar surface area (TPSA) is 186 Å². The zero-order valence-electron chi connectivity index (χ0n) is 56.7. The van der Waals surface area contributed by atoms with Crippen molar-refractivity contribution in [2.75, 3.05) is 26.4 Å². The second-order valence-electron chi connectivity index (χ2n) is 32.2. The van der Waals surface area contributed by atoms with Crippen molar-refractivity contribution < 1.29 is 58.6 Å². The smallest absolute Gasteiger partial charge is 0.306 e. The Labute approximate surface area is 511 Å². The first-order valence-corrected chi connectivity index (χ1v) is 30.5. The quantitative estimate of drug-likeness (QED) is 0.0485. The Morgan fingerprint density at radius 3 is 0.518 bits per heavy atom. The van der Waals surface area contributed by atoms with Crippen LogP contribution in [-0.2, 0) is 107 Å². The van der Waals surface area contributed by atoms with Gasteiger partial charge >= 0.3 is 23.9 Å². The lowest BCUT2D eigenvalue weighted by Crippen LogP contribution is -2.44. The van der Waals surface area contributed by atoms with Crippen LogP contribution in [0.3, 0.4) is 0 Å². The molecule has 4 N–H and O–H groups in total. The Morgan fingerprint density at radius 2 is 0.400 bits per heavy atom. The molecule has 0 aliphatic rings. The number of hydrogen-bond donors (Lipinski definition) is 4. The fourth-order valence-corrected chi connectivity index (χ4v) is 11.4. The van der Waals surface area contributed by atoms with Crippen LogP contribution in [0.15, 0.2) is 48.5 Å². The monoisotopic (exact) mass is 1180 g/mol. The Kier molecular flexibility index (Phi) is 22.3. The number of ether oxygens (including phenoxy) is 4. The van der Waals surface area contributed by atoms with Crippen molar-refractivity contribution in [2.45, 2.75) is 261 Å². The minimum Gasteiger partial charge on any atom is -0.508 e. The highest BCUT2D eigenvalue weighted by molar-refractivity contribution is 5.73. The van der Waals surface area contributed by atoms with Crippen molar-refractivity contribution in [1.82, 2.24) is 0 Å². The third kappa shape index (κ3) is 20.0. The van der Waals surface area contributed by atoms with Crippen LogP contribution in [0.25, 0.3) is 0 Å². The van der Waals surface area contributed by atoms with Crippen LogP contribution in [0, 0.1) is 5.41 Å². The summed E-state index contributed by atoms with van der Waals surface area (Å²) in [6.07, 6.45) is 0.858. The van der Waals surface area contributed by atoms with Crippen molar-refractivity contribution in [3.8, 4) is 23.0 Å². The van der Waals surface area contributed by atoms with E-state index in [0.29, 0.717) is 0 Å². The third-order valence-electron chi connectivity index (χ3n) is 15.9. The minimum atomic E-state index is -1.61. The van der Waals surface area contributed by atoms with Crippen molar-refractivity contribution in [2.24, 2.45) is 5.41 Å². The molecule has 472 valence electrons. The van der Waals surface area contributed by atoms with Crippen molar-refractivity contribution in [1.29, 1.82) is 0 Å². The summed E-state index contributed by atoms with van der Waals surface area (Å²) >= 11 is 0. The second kappa shape index (κ2) is 26.5. The molecule has 0 unspecified atom stereocenters. The van der Waals surface area contributed by atoms with E-state index in [4.69, 9.17) is 18.9 Å². The first-order valence-electron chi connectivity index (χ1n) is 30.5. The summed E-state index contributed by atoms with van der Waals surface area (Å²) in [6, 6.07) is 14.0. The van der Waals surface area contributed by atoms with Crippen LogP contribution >= 0.6 is 0 Å². The molecule has 12 nitrogen and oxygen atoms in total. The van der Waals surface area contributed by atoms with Crippen molar-refractivity contribution >= 4 is 23.9 Å². The first kappa shape index (κ1) is 71.4. The molecule has 0 aromatic heterocycles. The number of carbonyl (C=O) groups is 4. The zero-order chi connectivity index (χ0) is 65.0. The molecule has 85 heavy (non-hydrogen) atoms. The van der Waals surface area contributed by atoms with Gasteiger partial charge in [0, 0.05) is 25.7 Å². The normalized spacial score (nSPS) is 13.2. The molecule has 0 fully saturated rings. The van der Waals surface area contributed by atoms with Crippen LogP contribution in [0.2, 0.25) is 0 Å². The Bertz CT molecular complexity index is 2470. The lowest BCUT2D eigenvalue weighted by atomic mass is 9.75. The van der Waals surface area contributed by atoms with Gasteiger partial charge in [0.25, 0.3) is 0 Å². The van der Waals surface area contributed by atoms with E-state index in [0.717, 1.165) is 66.8 Å². The number of rotatable bonds is 20. The van der Waals surface area contributed by atoms with Gasteiger partial charge in [0.1, 0.15) is 54.8 Å². The minimum absolute atomic E-state index is 0.0665. The summed E-state index contributed by atoms with van der Waals surface area (Å²) in [4.78, 5) is 57.4. The fraction of sp³-hybridized carbons (Fsp3) is 0.616. The van der Waals surface area contributed by atoms with Gasteiger partial charge in [-0.3, -0.25) is 19.2 Å². The standard InChI is InChI=1S/C73H108O12/c1-65(2,3)53-33-45(74)34-54(66(4,5)6)49(53)25-29-61(78)82-41-73(42-83-62(79)30-26-50-55(67(7,8)9)35-46(75)36-56(50)68(10,11)12,43-84-63(80)31-27-51-57(69(13,14)15)37-47(76)38-58(51)70(16,17)18)44-85-64(81)32-28-52-59(71(19,20)21)39-48(77)40-60(52)72(22,23)24/h33-40,74-77H,25-32,41-44H2,1-24H3. The van der Waals surface area contributed by atoms with E-state index in [1.807, 2.05) is 0 Å². The van der Waals surface area contributed by atoms with E-state index in [1.165, 1.54) is 0 Å². The molecule has 4 rings (SSSR count). The highest BCUT2D eigenvalue weighted by Gasteiger charge is 2.40. The van der Waals surface area contributed by atoms with E-state index >= 15 is 0 Å². The molecule has 0 aliphatic heterocycles. The van der Waals surface area contributed by atoms with Crippen LogP contribution in [0.1, 0.15) is 259 Å². The molecular formula is C73H108O12. The summed E-state index contributed by atoms with van der Waals surface area (Å²) < 4.78 is 24.8. The first-order chi connectivity index (χ1) is 38.4. The van der Waals surface area contributed by atoms with Gasteiger partial charge in [-0.1, -0.05) is 166 Å². The lowest BCUT2D eigenvalue weighted by molar-refractivity contribution is -0.170. The molecule has 0 heterocycles. The van der Waals surface area contributed by atoms with E-state index in [2.05, 4.69) is 166 Å². The maximum Gasteiger partial charge on any atom is 0.306 e. The van der Waals surface area contributed by atoms with Gasteiger partial charge in [0.2, 0.25) is 0 Å². The molecule has 0 amide bonds. The van der Waals surface area contributed by atoms with Crippen LogP contribution in [0.4, 0.5) is 0 Å². The number of phenolic OH excluding ortho intramolecular Hbond substituents is 4. The lowest BCUT2D eigenvalue weighted by Gasteiger charge is -2.33. The summed E-state index contributed by atoms with van der Waals surface area (Å²) in [5, 5.41) is 43.6. The maximum atomic E-state index is 14.3. The van der Waals surface area contributed by atoms with Gasteiger partial charge < -0.3 is 39.4 Å². The molecule has 0 saturated carbocycles. The van der Waals surface area contributed by atoms with Gasteiger partial charge in [0.05, 0.1) is 0 Å². The second-order valence-corrected chi connectivity index (χ2v) is 32.2. The molecule has 4 aromatic rings. The average molecular weight is 1180 g/mol. The molecule has 0 saturated heterocycles. The summed E-state index contributed by atoms with van der Waals surface area (Å²) in [5.74, 6) is -1.82. The molecule has 0 atom stereocenters. The van der Waals surface area contributed by atoms with Crippen LogP contribution in [0.5, 0.6) is 23.0 Å². The van der Waals surface area contributed by atoms with Gasteiger partial charge in [-0.25, -0.2) is 0 Å². The van der Waals surface area contributed by atoms with E-state index in [1.54, 1.807) is 48.5 Å². The molecule has 0 spiro atoms. The van der Waals surface area contributed by atoms with Crippen molar-refractivity contribution in [3.05, 3.63) is 115 Å². The average Bonchev–Trinajstić information content (AvgIpc) is 1.51. The number of phenols is 4. The zero-order valence-corrected chi connectivity index (χ0v) is 56.7. The van der Waals surface area contributed by atoms with Gasteiger partial charge in [-0.05, 0) is 184 Å². The van der Waals surface area contributed by atoms with Gasteiger partial charge in [0.15, 0.2) is 0 Å². The molecule has 12 heteroatoms. The number of aromatic hydroxyl groups is 4. The third-order valence-corrected chi connectivity index (χ3v) is 15.9. The fourth-order valence-electron chi connectivity index (χ4n) is 11.4. The number of hydrogen-bond acceptors (Lipinski definition) is 12. The highest BCUT2D eigenvalue weighted by Crippen LogP contribution is 2.43. The van der Waals surface area contributed by atoms with Crippen molar-refractivity contribution in [3.63, 3.8) is 0 Å². The van der Waals surface area contributed by atoms with Gasteiger partial charge in [-0.15, -0.1) is 0 Å². The number of benzene rings is 4. The summed E-state index contributed by atoms with van der Waals surface area (Å²) in [6.45, 7) is 47.5. The van der Waals surface area contributed by atoms with Gasteiger partial charge in [-0.2, -0.15) is 0 Å².